The van der Waals surface area contributed by atoms with Crippen molar-refractivity contribution in [2.45, 2.75) is 12.8 Å². The summed E-state index contributed by atoms with van der Waals surface area (Å²) in [5.41, 5.74) is 8.83. The molecule has 2 N–H and O–H groups in total. The molecule has 4 aromatic rings. The summed E-state index contributed by atoms with van der Waals surface area (Å²) >= 11 is 0. The Balaban J connectivity index is 1.31. The van der Waals surface area contributed by atoms with Crippen molar-refractivity contribution in [1.82, 2.24) is 0 Å². The van der Waals surface area contributed by atoms with Gasteiger partial charge in [-0.25, -0.2) is 0 Å². The predicted molar refractivity (Wildman–Crippen MR) is 162 cm³/mol. The molecule has 6 heteroatoms. The minimum Gasteiger partial charge on any atom is -0.508 e. The molecular weight excluding hydrogens is 524 g/mol. The molecule has 2 aliphatic carbocycles. The molecule has 2 aliphatic heterocycles. The van der Waals surface area contributed by atoms with Crippen LogP contribution >= 0.6 is 0 Å². The number of hydrogen-bond donors (Lipinski definition) is 2. The van der Waals surface area contributed by atoms with Gasteiger partial charge in [0.15, 0.2) is 11.6 Å². The van der Waals surface area contributed by atoms with E-state index >= 15 is 0 Å². The summed E-state index contributed by atoms with van der Waals surface area (Å²) in [7, 11) is 0. The quantitative estimate of drug-likeness (QED) is 0.303. The number of rotatable bonds is 5. The van der Waals surface area contributed by atoms with E-state index in [0.717, 1.165) is 44.8 Å². The van der Waals surface area contributed by atoms with Gasteiger partial charge in [-0.1, -0.05) is 60.7 Å². The third-order valence-electron chi connectivity index (χ3n) is 8.63. The first-order valence-electron chi connectivity index (χ1n) is 14.0. The summed E-state index contributed by atoms with van der Waals surface area (Å²) in [5, 5.41) is 19.6. The predicted octanol–water partition coefficient (Wildman–Crippen LogP) is 6.36. The zero-order valence-electron chi connectivity index (χ0n) is 22.4. The Kier molecular flexibility index (Phi) is 5.28. The van der Waals surface area contributed by atoms with Crippen LogP contribution in [0, 0.1) is 11.8 Å². The molecule has 8 rings (SSSR count). The number of aromatic hydroxyl groups is 2. The topological polar surface area (TPSA) is 99.3 Å². The van der Waals surface area contributed by atoms with Crippen molar-refractivity contribution in [1.29, 1.82) is 0 Å². The fourth-order valence-electron chi connectivity index (χ4n) is 6.70. The number of aliphatic imine (C=N–C) groups is 2. The first-order valence-corrected chi connectivity index (χ1v) is 14.0. The van der Waals surface area contributed by atoms with Crippen LogP contribution in [-0.4, -0.2) is 33.2 Å². The van der Waals surface area contributed by atoms with Crippen molar-refractivity contribution in [3.05, 3.63) is 130 Å². The summed E-state index contributed by atoms with van der Waals surface area (Å²) in [6, 6.07) is 29.3. The van der Waals surface area contributed by atoms with E-state index in [2.05, 4.69) is 0 Å². The molecule has 6 nitrogen and oxygen atoms in total. The van der Waals surface area contributed by atoms with Crippen molar-refractivity contribution >= 4 is 45.5 Å². The summed E-state index contributed by atoms with van der Waals surface area (Å²) in [4.78, 5) is 38.9. The maximum absolute atomic E-state index is 14.5. The molecule has 4 aromatic carbocycles. The van der Waals surface area contributed by atoms with Crippen molar-refractivity contribution in [2.75, 3.05) is 0 Å². The van der Waals surface area contributed by atoms with Crippen LogP contribution in [0.25, 0.3) is 11.1 Å². The van der Waals surface area contributed by atoms with E-state index in [4.69, 9.17) is 9.98 Å². The standard InChI is InChI=1S/C36H24N2O4/c39-21-13-9-19(10-14-21)17-25-33-29(23-5-1-3-7-27(23)37-33)31(35(25)41)32-30-24-6-2-4-8-28(24)38-34(30)26(36(32)42)18-20-11-15-22(40)16-12-20/h1-16,25-26,39-40H,17-18H2. The first kappa shape index (κ1) is 24.4. The van der Waals surface area contributed by atoms with Crippen LogP contribution in [0.1, 0.15) is 22.3 Å². The van der Waals surface area contributed by atoms with Crippen molar-refractivity contribution < 1.29 is 19.8 Å². The van der Waals surface area contributed by atoms with Crippen LogP contribution in [0.2, 0.25) is 0 Å². The summed E-state index contributed by atoms with van der Waals surface area (Å²) in [6.45, 7) is 0. The van der Waals surface area contributed by atoms with Crippen LogP contribution in [0.5, 0.6) is 11.5 Å². The third-order valence-corrected chi connectivity index (χ3v) is 8.63. The molecule has 0 spiro atoms. The zero-order chi connectivity index (χ0) is 28.5. The van der Waals surface area contributed by atoms with Crippen molar-refractivity contribution in [3.8, 4) is 11.5 Å². The van der Waals surface area contributed by atoms with Crippen LogP contribution in [0.3, 0.4) is 0 Å². The number of nitrogens with zero attached hydrogens (tertiary/aromatic N) is 2. The Labute approximate surface area is 241 Å². The lowest BCUT2D eigenvalue weighted by atomic mass is 9.88. The van der Waals surface area contributed by atoms with Gasteiger partial charge >= 0.3 is 0 Å². The normalized spacial score (nSPS) is 20.0. The van der Waals surface area contributed by atoms with Gasteiger partial charge in [-0.05, 0) is 60.4 Å². The lowest BCUT2D eigenvalue weighted by Crippen LogP contribution is -2.23. The van der Waals surface area contributed by atoms with Crippen LogP contribution in [0.15, 0.2) is 118 Å². The molecule has 4 aliphatic rings. The van der Waals surface area contributed by atoms with Gasteiger partial charge in [-0.3, -0.25) is 19.6 Å². The Morgan fingerprint density at radius 2 is 0.881 bits per heavy atom. The highest BCUT2D eigenvalue weighted by Crippen LogP contribution is 2.53. The van der Waals surface area contributed by atoms with Crippen molar-refractivity contribution in [3.63, 3.8) is 0 Å². The summed E-state index contributed by atoms with van der Waals surface area (Å²) in [6.07, 6.45) is 0.814. The van der Waals surface area contributed by atoms with Gasteiger partial charge in [-0.2, -0.15) is 0 Å². The summed E-state index contributed by atoms with van der Waals surface area (Å²) in [5.74, 6) is -1.01. The number of ketones is 2. The second-order valence-corrected chi connectivity index (χ2v) is 11.1. The molecule has 0 fully saturated rings. The minimum absolute atomic E-state index is 0.115. The monoisotopic (exact) mass is 548 g/mol. The smallest absolute Gasteiger partial charge is 0.173 e. The number of fused-ring (bicyclic) bond motifs is 6. The molecule has 0 saturated heterocycles. The molecule has 42 heavy (non-hydrogen) atoms. The molecule has 2 unspecified atom stereocenters. The van der Waals surface area contributed by atoms with Gasteiger partial charge in [0.25, 0.3) is 0 Å². The second kappa shape index (κ2) is 9.08. The van der Waals surface area contributed by atoms with Gasteiger partial charge in [0.2, 0.25) is 0 Å². The second-order valence-electron chi connectivity index (χ2n) is 11.1. The number of benzene rings is 4. The number of carbonyl (C=O) groups excluding carboxylic acids is 2. The van der Waals surface area contributed by atoms with Crippen LogP contribution in [0.4, 0.5) is 11.4 Å². The highest BCUT2D eigenvalue weighted by molar-refractivity contribution is 6.53. The number of phenolic OH excluding ortho intramolecular Hbond substituents is 2. The van der Waals surface area contributed by atoms with Crippen molar-refractivity contribution in [2.24, 2.45) is 21.8 Å². The number of Topliss-reactive ketones (excluding diaryl/α,β-unsaturated/α-hetero) is 2. The van der Waals surface area contributed by atoms with Gasteiger partial charge in [-0.15, -0.1) is 0 Å². The SMILES string of the molecule is O=C1C(C2=C3C(=Nc4ccccc43)C(Cc3ccc(O)cc3)C2=O)=C2C(=Nc3ccccc32)C1Cc1ccc(O)cc1. The molecule has 2 atom stereocenters. The van der Waals surface area contributed by atoms with E-state index in [1.165, 1.54) is 0 Å². The fourth-order valence-corrected chi connectivity index (χ4v) is 6.70. The molecule has 0 radical (unpaired) electrons. The van der Waals surface area contributed by atoms with Gasteiger partial charge in [0.1, 0.15) is 11.5 Å². The third kappa shape index (κ3) is 3.58. The largest absolute Gasteiger partial charge is 0.508 e. The average Bonchev–Trinajstić information content (AvgIpc) is 3.70. The lowest BCUT2D eigenvalue weighted by Gasteiger charge is -2.13. The number of para-hydroxylation sites is 2. The molecule has 202 valence electrons. The van der Waals surface area contributed by atoms with E-state index < -0.39 is 11.8 Å². The number of allylic oxidation sites excluding steroid dienone is 4. The maximum Gasteiger partial charge on any atom is 0.173 e. The molecule has 0 bridgehead atoms. The van der Waals surface area contributed by atoms with E-state index in [1.54, 1.807) is 24.3 Å². The number of phenols is 2. The van der Waals surface area contributed by atoms with E-state index in [1.807, 2.05) is 72.8 Å². The first-order chi connectivity index (χ1) is 20.5. The zero-order valence-corrected chi connectivity index (χ0v) is 22.4. The van der Waals surface area contributed by atoms with E-state index in [-0.39, 0.29) is 23.1 Å². The summed E-state index contributed by atoms with van der Waals surface area (Å²) < 4.78 is 0. The molecular formula is C36H24N2O4. The van der Waals surface area contributed by atoms with E-state index in [9.17, 15) is 19.8 Å². The highest BCUT2D eigenvalue weighted by atomic mass is 16.3. The van der Waals surface area contributed by atoms with Gasteiger partial charge in [0.05, 0.1) is 34.6 Å². The fraction of sp³-hybridized carbons (Fsp3) is 0.111. The van der Waals surface area contributed by atoms with Gasteiger partial charge < -0.3 is 10.2 Å². The minimum atomic E-state index is -0.555. The average molecular weight is 549 g/mol. The Hall–Kier alpha value is -5.36. The Morgan fingerprint density at radius 1 is 0.500 bits per heavy atom. The lowest BCUT2D eigenvalue weighted by molar-refractivity contribution is -0.119. The maximum atomic E-state index is 14.5. The molecule has 0 aromatic heterocycles. The number of carbonyl (C=O) groups is 2. The Bertz CT molecular complexity index is 1830. The van der Waals surface area contributed by atoms with Crippen LogP contribution < -0.4 is 0 Å². The van der Waals surface area contributed by atoms with E-state index in [0.29, 0.717) is 35.4 Å². The Morgan fingerprint density at radius 3 is 1.29 bits per heavy atom. The molecule has 2 heterocycles. The number of hydrogen-bond acceptors (Lipinski definition) is 6. The highest BCUT2D eigenvalue weighted by Gasteiger charge is 2.51. The molecule has 0 saturated carbocycles. The van der Waals surface area contributed by atoms with Crippen LogP contribution in [-0.2, 0) is 22.4 Å². The van der Waals surface area contributed by atoms with Gasteiger partial charge in [0, 0.05) is 33.4 Å². The molecule has 0 amide bonds.